The first-order valence-corrected chi connectivity index (χ1v) is 5.94. The molecule has 0 spiro atoms. The monoisotopic (exact) mass is 269 g/mol. The van der Waals surface area contributed by atoms with Crippen LogP contribution in [-0.4, -0.2) is 30.7 Å². The molecular formula is C13H11N5O2. The Kier molecular flexibility index (Phi) is 2.88. The van der Waals surface area contributed by atoms with Gasteiger partial charge in [-0.05, 0) is 6.07 Å². The van der Waals surface area contributed by atoms with Crippen LogP contribution in [0.15, 0.2) is 36.4 Å². The molecule has 3 rings (SSSR count). The molecule has 7 heteroatoms. The predicted octanol–water partition coefficient (Wildman–Crippen LogP) is 0.948. The van der Waals surface area contributed by atoms with Gasteiger partial charge in [0.15, 0.2) is 11.5 Å². The second-order valence-electron chi connectivity index (χ2n) is 4.16. The molecule has 0 saturated heterocycles. The first kappa shape index (κ1) is 12.2. The number of carboxylic acids is 1. The summed E-state index contributed by atoms with van der Waals surface area (Å²) in [4.78, 5) is 19.7. The van der Waals surface area contributed by atoms with Crippen LogP contribution in [0.5, 0.6) is 0 Å². The molecule has 0 fully saturated rings. The second-order valence-corrected chi connectivity index (χ2v) is 4.16. The zero-order valence-corrected chi connectivity index (χ0v) is 10.4. The van der Waals surface area contributed by atoms with E-state index < -0.39 is 5.97 Å². The molecule has 0 unspecified atom stereocenters. The summed E-state index contributed by atoms with van der Waals surface area (Å²) in [6, 6.07) is 10.7. The highest BCUT2D eigenvalue weighted by Gasteiger charge is 2.16. The van der Waals surface area contributed by atoms with Crippen molar-refractivity contribution in [1.82, 2.24) is 19.6 Å². The molecule has 7 nitrogen and oxygen atoms in total. The van der Waals surface area contributed by atoms with Gasteiger partial charge >= 0.3 is 5.97 Å². The van der Waals surface area contributed by atoms with Crippen molar-refractivity contribution in [3.8, 4) is 11.4 Å². The maximum absolute atomic E-state index is 11.3. The predicted molar refractivity (Wildman–Crippen MR) is 71.1 cm³/mol. The molecule has 20 heavy (non-hydrogen) atoms. The Morgan fingerprint density at radius 3 is 2.65 bits per heavy atom. The maximum Gasteiger partial charge on any atom is 0.354 e. The molecule has 0 aliphatic carbocycles. The van der Waals surface area contributed by atoms with Crippen molar-refractivity contribution in [2.24, 2.45) is 5.73 Å². The van der Waals surface area contributed by atoms with Gasteiger partial charge in [-0.25, -0.2) is 9.78 Å². The van der Waals surface area contributed by atoms with Crippen LogP contribution in [0.3, 0.4) is 0 Å². The number of hydrogen-bond donors (Lipinski definition) is 2. The summed E-state index contributed by atoms with van der Waals surface area (Å²) in [7, 11) is 0. The number of fused-ring (bicyclic) bond motifs is 1. The van der Waals surface area contributed by atoms with Crippen molar-refractivity contribution < 1.29 is 9.90 Å². The van der Waals surface area contributed by atoms with Crippen LogP contribution in [-0.2, 0) is 6.54 Å². The van der Waals surface area contributed by atoms with Crippen LogP contribution in [0.4, 0.5) is 0 Å². The van der Waals surface area contributed by atoms with Gasteiger partial charge in [0.1, 0.15) is 0 Å². The van der Waals surface area contributed by atoms with Gasteiger partial charge < -0.3 is 10.8 Å². The Balaban J connectivity index is 2.25. The number of nitrogens with two attached hydrogens (primary N) is 1. The molecule has 0 bridgehead atoms. The van der Waals surface area contributed by atoms with E-state index in [1.54, 1.807) is 0 Å². The average Bonchev–Trinajstić information content (AvgIpc) is 2.90. The van der Waals surface area contributed by atoms with Crippen molar-refractivity contribution >= 4 is 11.7 Å². The second kappa shape index (κ2) is 4.71. The summed E-state index contributed by atoms with van der Waals surface area (Å²) < 4.78 is 1.21. The fourth-order valence-electron chi connectivity index (χ4n) is 1.88. The molecule has 0 aliphatic heterocycles. The summed E-state index contributed by atoms with van der Waals surface area (Å²) in [5.74, 6) is -0.449. The summed E-state index contributed by atoms with van der Waals surface area (Å²) in [5.41, 5.74) is 6.76. The minimum atomic E-state index is -1.10. The fourth-order valence-corrected chi connectivity index (χ4v) is 1.88. The van der Waals surface area contributed by atoms with Gasteiger partial charge in [0.25, 0.3) is 5.78 Å². The molecule has 1 aromatic carbocycles. The number of carbonyl (C=O) groups is 1. The van der Waals surface area contributed by atoms with Crippen molar-refractivity contribution in [2.45, 2.75) is 6.54 Å². The van der Waals surface area contributed by atoms with Crippen LogP contribution in [0.25, 0.3) is 17.2 Å². The normalized spacial score (nSPS) is 10.8. The van der Waals surface area contributed by atoms with Crippen LogP contribution in [0, 0.1) is 0 Å². The van der Waals surface area contributed by atoms with E-state index in [2.05, 4.69) is 15.1 Å². The van der Waals surface area contributed by atoms with Crippen molar-refractivity contribution in [3.05, 3.63) is 47.8 Å². The van der Waals surface area contributed by atoms with E-state index >= 15 is 0 Å². The standard InChI is InChI=1S/C13H11N5O2/c14-7-9-6-10(12(19)20)18-13(15-9)16-11(17-18)8-4-2-1-3-5-8/h1-6H,7,14H2,(H,19,20). The molecule has 0 aliphatic rings. The SMILES string of the molecule is NCc1cc(C(=O)O)n2nc(-c3ccccc3)nc2n1. The van der Waals surface area contributed by atoms with Crippen LogP contribution >= 0.6 is 0 Å². The summed E-state index contributed by atoms with van der Waals surface area (Å²) in [6.07, 6.45) is 0. The van der Waals surface area contributed by atoms with E-state index in [1.807, 2.05) is 30.3 Å². The number of aromatic nitrogens is 4. The lowest BCUT2D eigenvalue weighted by Gasteiger charge is -2.00. The topological polar surface area (TPSA) is 106 Å². The lowest BCUT2D eigenvalue weighted by atomic mass is 10.2. The number of nitrogens with zero attached hydrogens (tertiary/aromatic N) is 4. The Bertz CT molecular complexity index is 782. The maximum atomic E-state index is 11.3. The molecule has 2 heterocycles. The number of benzene rings is 1. The third-order valence-electron chi connectivity index (χ3n) is 2.83. The minimum Gasteiger partial charge on any atom is -0.477 e. The van der Waals surface area contributed by atoms with Crippen molar-refractivity contribution in [1.29, 1.82) is 0 Å². The lowest BCUT2D eigenvalue weighted by Crippen LogP contribution is -2.11. The molecule has 3 N–H and O–H groups in total. The van der Waals surface area contributed by atoms with E-state index in [-0.39, 0.29) is 18.0 Å². The summed E-state index contributed by atoms with van der Waals surface area (Å²) in [6.45, 7) is 0.143. The molecule has 0 radical (unpaired) electrons. The Hall–Kier alpha value is -2.80. The zero-order chi connectivity index (χ0) is 14.1. The Morgan fingerprint density at radius 2 is 2.00 bits per heavy atom. The van der Waals surface area contributed by atoms with Crippen molar-refractivity contribution in [2.75, 3.05) is 0 Å². The molecule has 0 atom stereocenters. The lowest BCUT2D eigenvalue weighted by molar-refractivity contribution is 0.0687. The molecule has 100 valence electrons. The van der Waals surface area contributed by atoms with Crippen LogP contribution in [0.2, 0.25) is 0 Å². The van der Waals surface area contributed by atoms with Gasteiger partial charge in [0.05, 0.1) is 5.69 Å². The van der Waals surface area contributed by atoms with E-state index in [9.17, 15) is 9.90 Å². The highest BCUT2D eigenvalue weighted by atomic mass is 16.4. The van der Waals surface area contributed by atoms with Gasteiger partial charge in [0, 0.05) is 12.1 Å². The van der Waals surface area contributed by atoms with Gasteiger partial charge in [-0.3, -0.25) is 0 Å². The minimum absolute atomic E-state index is 0.00914. The number of aromatic carboxylic acids is 1. The molecular weight excluding hydrogens is 258 g/mol. The van der Waals surface area contributed by atoms with E-state index in [0.29, 0.717) is 11.5 Å². The highest BCUT2D eigenvalue weighted by molar-refractivity contribution is 5.86. The van der Waals surface area contributed by atoms with E-state index in [1.165, 1.54) is 10.6 Å². The first-order chi connectivity index (χ1) is 9.69. The quantitative estimate of drug-likeness (QED) is 0.733. The molecule has 0 saturated carbocycles. The highest BCUT2D eigenvalue weighted by Crippen LogP contribution is 2.16. The Morgan fingerprint density at radius 1 is 1.25 bits per heavy atom. The van der Waals surface area contributed by atoms with Gasteiger partial charge in [-0.1, -0.05) is 30.3 Å². The first-order valence-electron chi connectivity index (χ1n) is 5.94. The number of hydrogen-bond acceptors (Lipinski definition) is 5. The summed E-state index contributed by atoms with van der Waals surface area (Å²) in [5, 5.41) is 13.4. The number of rotatable bonds is 3. The van der Waals surface area contributed by atoms with Crippen molar-refractivity contribution in [3.63, 3.8) is 0 Å². The largest absolute Gasteiger partial charge is 0.477 e. The summed E-state index contributed by atoms with van der Waals surface area (Å²) >= 11 is 0. The molecule has 0 amide bonds. The van der Waals surface area contributed by atoms with Gasteiger partial charge in [0.2, 0.25) is 0 Å². The third kappa shape index (κ3) is 1.99. The van der Waals surface area contributed by atoms with Gasteiger partial charge in [-0.15, -0.1) is 5.10 Å². The molecule has 3 aromatic rings. The number of carboxylic acid groups (broad SMARTS) is 1. The smallest absolute Gasteiger partial charge is 0.354 e. The fraction of sp³-hybridized carbons (Fsp3) is 0.0769. The molecule has 2 aromatic heterocycles. The zero-order valence-electron chi connectivity index (χ0n) is 10.4. The van der Waals surface area contributed by atoms with Crippen LogP contribution in [0.1, 0.15) is 16.2 Å². The van der Waals surface area contributed by atoms with E-state index in [4.69, 9.17) is 5.73 Å². The van der Waals surface area contributed by atoms with E-state index in [0.717, 1.165) is 5.56 Å². The van der Waals surface area contributed by atoms with Crippen LogP contribution < -0.4 is 5.73 Å². The van der Waals surface area contributed by atoms with Gasteiger partial charge in [-0.2, -0.15) is 9.50 Å². The third-order valence-corrected chi connectivity index (χ3v) is 2.83. The Labute approximate surface area is 113 Å². The average molecular weight is 269 g/mol.